The summed E-state index contributed by atoms with van der Waals surface area (Å²) in [5, 5.41) is 0. The van der Waals surface area contributed by atoms with Crippen LogP contribution in [0.4, 0.5) is 0 Å². The van der Waals surface area contributed by atoms with Crippen LogP contribution in [0.3, 0.4) is 0 Å². The predicted molar refractivity (Wildman–Crippen MR) is 65.0 cm³/mol. The molecular formula is C13H15NS. The molecule has 0 bridgehead atoms. The van der Waals surface area contributed by atoms with Crippen molar-refractivity contribution in [2.45, 2.75) is 23.8 Å². The predicted octanol–water partition coefficient (Wildman–Crippen LogP) is 3.14. The van der Waals surface area contributed by atoms with E-state index >= 15 is 0 Å². The van der Waals surface area contributed by atoms with Gasteiger partial charge in [-0.1, -0.05) is 36.0 Å². The van der Waals surface area contributed by atoms with E-state index < -0.39 is 0 Å². The van der Waals surface area contributed by atoms with E-state index in [1.165, 1.54) is 30.8 Å². The third kappa shape index (κ3) is 1.84. The third-order valence-corrected chi connectivity index (χ3v) is 4.38. The van der Waals surface area contributed by atoms with Gasteiger partial charge in [0.1, 0.15) is 0 Å². The Morgan fingerprint density at radius 1 is 1.20 bits per heavy atom. The van der Waals surface area contributed by atoms with Crippen molar-refractivity contribution in [3.05, 3.63) is 41.3 Å². The summed E-state index contributed by atoms with van der Waals surface area (Å²) >= 11 is 1.95. The third-order valence-electron chi connectivity index (χ3n) is 3.20. The van der Waals surface area contributed by atoms with Gasteiger partial charge < -0.3 is 0 Å². The van der Waals surface area contributed by atoms with Crippen LogP contribution in [0.15, 0.2) is 46.2 Å². The highest BCUT2D eigenvalue weighted by molar-refractivity contribution is 8.03. The van der Waals surface area contributed by atoms with E-state index in [1.807, 2.05) is 11.8 Å². The zero-order valence-corrected chi connectivity index (χ0v) is 9.54. The van der Waals surface area contributed by atoms with Crippen LogP contribution in [0.2, 0.25) is 0 Å². The van der Waals surface area contributed by atoms with Gasteiger partial charge in [0, 0.05) is 22.4 Å². The van der Waals surface area contributed by atoms with E-state index in [0.29, 0.717) is 0 Å². The molecule has 0 radical (unpaired) electrons. The Bertz CT molecular complexity index is 371. The van der Waals surface area contributed by atoms with E-state index in [1.54, 1.807) is 4.91 Å². The van der Waals surface area contributed by atoms with Crippen molar-refractivity contribution in [2.75, 3.05) is 13.1 Å². The molecule has 1 atom stereocenters. The molecule has 1 aromatic carbocycles. The number of thioether (sulfide) groups is 1. The normalized spacial score (nSPS) is 25.3. The Balaban J connectivity index is 1.74. The van der Waals surface area contributed by atoms with Gasteiger partial charge in [0.25, 0.3) is 0 Å². The minimum Gasteiger partial charge on any atom is -0.292 e. The molecule has 2 heterocycles. The van der Waals surface area contributed by atoms with Crippen molar-refractivity contribution in [3.8, 4) is 0 Å². The van der Waals surface area contributed by atoms with Crippen molar-refractivity contribution in [3.63, 3.8) is 0 Å². The molecule has 1 aromatic rings. The van der Waals surface area contributed by atoms with Crippen LogP contribution in [-0.2, 0) is 0 Å². The van der Waals surface area contributed by atoms with E-state index in [0.717, 1.165) is 6.04 Å². The fourth-order valence-corrected chi connectivity index (χ4v) is 3.57. The lowest BCUT2D eigenvalue weighted by Gasteiger charge is -2.17. The minimum absolute atomic E-state index is 0.732. The number of nitrogens with zero attached hydrogens (tertiary/aromatic N) is 1. The lowest BCUT2D eigenvalue weighted by Crippen LogP contribution is -2.24. The minimum atomic E-state index is 0.732. The van der Waals surface area contributed by atoms with Gasteiger partial charge in [-0.3, -0.25) is 4.90 Å². The first-order valence-corrected chi connectivity index (χ1v) is 6.42. The van der Waals surface area contributed by atoms with Gasteiger partial charge in [-0.15, -0.1) is 0 Å². The van der Waals surface area contributed by atoms with Crippen molar-refractivity contribution < 1.29 is 0 Å². The maximum absolute atomic E-state index is 2.59. The van der Waals surface area contributed by atoms with Crippen LogP contribution in [0.25, 0.3) is 0 Å². The molecule has 1 saturated heterocycles. The van der Waals surface area contributed by atoms with Gasteiger partial charge in [-0.05, 0) is 31.5 Å². The molecule has 2 aliphatic rings. The Morgan fingerprint density at radius 3 is 2.93 bits per heavy atom. The van der Waals surface area contributed by atoms with Crippen molar-refractivity contribution in [1.82, 2.24) is 4.90 Å². The van der Waals surface area contributed by atoms with Crippen LogP contribution >= 0.6 is 11.8 Å². The molecule has 3 rings (SSSR count). The first-order chi connectivity index (χ1) is 7.43. The summed E-state index contributed by atoms with van der Waals surface area (Å²) in [5.74, 6) is 0. The number of benzene rings is 1. The lowest BCUT2D eigenvalue weighted by atomic mass is 10.2. The summed E-state index contributed by atoms with van der Waals surface area (Å²) in [7, 11) is 0. The fraction of sp³-hybridized carbons (Fsp3) is 0.385. The van der Waals surface area contributed by atoms with Crippen molar-refractivity contribution in [2.24, 2.45) is 0 Å². The van der Waals surface area contributed by atoms with E-state index in [-0.39, 0.29) is 0 Å². The average molecular weight is 217 g/mol. The molecular weight excluding hydrogens is 202 g/mol. The van der Waals surface area contributed by atoms with Gasteiger partial charge in [0.2, 0.25) is 0 Å². The molecule has 1 nitrogen and oxygen atoms in total. The summed E-state index contributed by atoms with van der Waals surface area (Å²) in [5.41, 5.74) is 0. The van der Waals surface area contributed by atoms with Gasteiger partial charge in [-0.2, -0.15) is 0 Å². The average Bonchev–Trinajstić information content (AvgIpc) is 2.85. The van der Waals surface area contributed by atoms with E-state index in [2.05, 4.69) is 41.3 Å². The zero-order valence-electron chi connectivity index (χ0n) is 8.73. The molecule has 0 N–H and O–H groups in total. The highest BCUT2D eigenvalue weighted by atomic mass is 32.2. The standard InChI is InChI=1S/C13H15NS/c1-2-5-11(6-3-1)15-13-8-10-14-9-4-7-12(13)14/h1-3,5-6,8,12H,4,7,9-10H2. The Labute approximate surface area is 95.2 Å². The molecule has 0 aliphatic carbocycles. The Hall–Kier alpha value is -0.730. The number of rotatable bonds is 2. The first kappa shape index (κ1) is 9.49. The van der Waals surface area contributed by atoms with E-state index in [9.17, 15) is 0 Å². The summed E-state index contributed by atoms with van der Waals surface area (Å²) in [6.45, 7) is 2.46. The molecule has 15 heavy (non-hydrogen) atoms. The smallest absolute Gasteiger partial charge is 0.0411 e. The maximum atomic E-state index is 2.59. The number of fused-ring (bicyclic) bond motifs is 1. The lowest BCUT2D eigenvalue weighted by molar-refractivity contribution is 0.342. The summed E-state index contributed by atoms with van der Waals surface area (Å²) < 4.78 is 0. The van der Waals surface area contributed by atoms with Crippen LogP contribution < -0.4 is 0 Å². The number of hydrogen-bond acceptors (Lipinski definition) is 2. The maximum Gasteiger partial charge on any atom is 0.0411 e. The zero-order chi connectivity index (χ0) is 10.1. The van der Waals surface area contributed by atoms with Crippen molar-refractivity contribution in [1.29, 1.82) is 0 Å². The second kappa shape index (κ2) is 4.03. The van der Waals surface area contributed by atoms with Gasteiger partial charge in [0.05, 0.1) is 0 Å². The fourth-order valence-electron chi connectivity index (χ4n) is 2.44. The second-order valence-corrected chi connectivity index (χ2v) is 5.32. The molecule has 0 saturated carbocycles. The SMILES string of the molecule is C1=C(Sc2ccccc2)C2CCCN2C1. The van der Waals surface area contributed by atoms with Crippen LogP contribution in [0, 0.1) is 0 Å². The quantitative estimate of drug-likeness (QED) is 0.748. The molecule has 2 heteroatoms. The highest BCUT2D eigenvalue weighted by Gasteiger charge is 2.31. The Morgan fingerprint density at radius 2 is 2.07 bits per heavy atom. The van der Waals surface area contributed by atoms with Crippen LogP contribution in [0.1, 0.15) is 12.8 Å². The molecule has 1 unspecified atom stereocenters. The summed E-state index contributed by atoms with van der Waals surface area (Å²) in [6, 6.07) is 11.4. The topological polar surface area (TPSA) is 3.24 Å². The molecule has 78 valence electrons. The van der Waals surface area contributed by atoms with Gasteiger partial charge >= 0.3 is 0 Å². The van der Waals surface area contributed by atoms with E-state index in [4.69, 9.17) is 0 Å². The van der Waals surface area contributed by atoms with Gasteiger partial charge in [0.15, 0.2) is 0 Å². The molecule has 1 fully saturated rings. The first-order valence-electron chi connectivity index (χ1n) is 5.60. The van der Waals surface area contributed by atoms with Crippen LogP contribution in [-0.4, -0.2) is 24.0 Å². The van der Waals surface area contributed by atoms with Crippen molar-refractivity contribution >= 4 is 11.8 Å². The summed E-state index contributed by atoms with van der Waals surface area (Å²) in [6.07, 6.45) is 5.13. The molecule has 0 spiro atoms. The summed E-state index contributed by atoms with van der Waals surface area (Å²) in [4.78, 5) is 5.53. The van der Waals surface area contributed by atoms with Crippen LogP contribution in [0.5, 0.6) is 0 Å². The molecule has 0 aromatic heterocycles. The molecule has 0 amide bonds. The second-order valence-electron chi connectivity index (χ2n) is 4.17. The molecule has 2 aliphatic heterocycles. The Kier molecular flexibility index (Phi) is 2.55. The monoisotopic (exact) mass is 217 g/mol. The largest absolute Gasteiger partial charge is 0.292 e. The number of hydrogen-bond donors (Lipinski definition) is 0. The highest BCUT2D eigenvalue weighted by Crippen LogP contribution is 2.38. The van der Waals surface area contributed by atoms with Gasteiger partial charge in [-0.25, -0.2) is 0 Å².